The average molecular weight is 308 g/mol. The molecule has 0 aromatic heterocycles. The zero-order valence-electron chi connectivity index (χ0n) is 13.6. The Kier molecular flexibility index (Phi) is 5.09. The number of rotatable bonds is 7. The highest BCUT2D eigenvalue weighted by Gasteiger charge is 2.28. The molecule has 1 aliphatic rings. The highest BCUT2D eigenvalue weighted by atomic mass is 16.2. The molecule has 1 aliphatic carbocycles. The molecule has 1 unspecified atom stereocenters. The minimum absolute atomic E-state index is 0.0552. The van der Waals surface area contributed by atoms with E-state index < -0.39 is 0 Å². The number of amides is 1. The fourth-order valence-electron chi connectivity index (χ4n) is 2.84. The van der Waals surface area contributed by atoms with Crippen LogP contribution in [0.1, 0.15) is 31.4 Å². The Morgan fingerprint density at radius 1 is 1.09 bits per heavy atom. The van der Waals surface area contributed by atoms with Crippen LogP contribution >= 0.6 is 0 Å². The van der Waals surface area contributed by atoms with Gasteiger partial charge in [-0.2, -0.15) is 0 Å². The monoisotopic (exact) mass is 308 g/mol. The Labute approximate surface area is 138 Å². The van der Waals surface area contributed by atoms with E-state index in [-0.39, 0.29) is 11.9 Å². The lowest BCUT2D eigenvalue weighted by Gasteiger charge is -2.29. The second-order valence-corrected chi connectivity index (χ2v) is 6.37. The molecule has 0 saturated heterocycles. The predicted molar refractivity (Wildman–Crippen MR) is 94.2 cm³/mol. The molecule has 0 bridgehead atoms. The van der Waals surface area contributed by atoms with Crippen LogP contribution in [0.4, 0.5) is 5.69 Å². The van der Waals surface area contributed by atoms with Crippen LogP contribution in [-0.4, -0.2) is 23.9 Å². The van der Waals surface area contributed by atoms with Crippen LogP contribution in [0.2, 0.25) is 0 Å². The van der Waals surface area contributed by atoms with Crippen molar-refractivity contribution < 1.29 is 4.79 Å². The molecule has 0 spiro atoms. The van der Waals surface area contributed by atoms with E-state index in [0.717, 1.165) is 18.2 Å². The van der Waals surface area contributed by atoms with E-state index >= 15 is 0 Å². The summed E-state index contributed by atoms with van der Waals surface area (Å²) in [6.45, 7) is 3.62. The van der Waals surface area contributed by atoms with Crippen molar-refractivity contribution in [1.29, 1.82) is 0 Å². The summed E-state index contributed by atoms with van der Waals surface area (Å²) in [5.41, 5.74) is 2.12. The molecule has 0 radical (unpaired) electrons. The standard InChI is InChI=1S/C20H24N2O/c1-16(18-8-4-2-5-9-18)22(14-17-12-13-17)15-20(23)21-19-10-6-3-7-11-19/h2-11,16-17H,12-15H2,1H3,(H,21,23). The molecule has 3 rings (SSSR count). The van der Waals surface area contributed by atoms with Gasteiger partial charge in [-0.25, -0.2) is 0 Å². The number of carbonyl (C=O) groups is 1. The van der Waals surface area contributed by atoms with Gasteiger partial charge in [-0.1, -0.05) is 48.5 Å². The smallest absolute Gasteiger partial charge is 0.238 e. The molecule has 2 aromatic rings. The summed E-state index contributed by atoms with van der Waals surface area (Å²) < 4.78 is 0. The number of anilines is 1. The van der Waals surface area contributed by atoms with Gasteiger partial charge in [-0.05, 0) is 43.4 Å². The van der Waals surface area contributed by atoms with Crippen LogP contribution in [-0.2, 0) is 4.79 Å². The summed E-state index contributed by atoms with van der Waals surface area (Å²) in [6, 6.07) is 20.3. The maximum atomic E-state index is 12.4. The lowest BCUT2D eigenvalue weighted by atomic mass is 10.1. The molecule has 1 atom stereocenters. The molecule has 1 saturated carbocycles. The third kappa shape index (κ3) is 4.67. The zero-order valence-corrected chi connectivity index (χ0v) is 13.6. The molecule has 23 heavy (non-hydrogen) atoms. The lowest BCUT2D eigenvalue weighted by molar-refractivity contribution is -0.117. The van der Waals surface area contributed by atoms with Gasteiger partial charge in [-0.3, -0.25) is 9.69 Å². The molecule has 1 amide bonds. The van der Waals surface area contributed by atoms with Crippen molar-refractivity contribution in [2.24, 2.45) is 5.92 Å². The van der Waals surface area contributed by atoms with E-state index in [1.807, 2.05) is 36.4 Å². The Balaban J connectivity index is 1.65. The fraction of sp³-hybridized carbons (Fsp3) is 0.350. The molecule has 1 N–H and O–H groups in total. The Morgan fingerprint density at radius 2 is 1.70 bits per heavy atom. The first kappa shape index (κ1) is 15.8. The second-order valence-electron chi connectivity index (χ2n) is 6.37. The summed E-state index contributed by atoms with van der Waals surface area (Å²) in [7, 11) is 0. The van der Waals surface area contributed by atoms with Crippen molar-refractivity contribution in [2.75, 3.05) is 18.4 Å². The van der Waals surface area contributed by atoms with E-state index in [1.54, 1.807) is 0 Å². The van der Waals surface area contributed by atoms with Gasteiger partial charge in [0.15, 0.2) is 0 Å². The molecule has 0 aliphatic heterocycles. The number of benzene rings is 2. The number of para-hydroxylation sites is 1. The van der Waals surface area contributed by atoms with Crippen LogP contribution in [0.5, 0.6) is 0 Å². The zero-order chi connectivity index (χ0) is 16.1. The molecule has 120 valence electrons. The van der Waals surface area contributed by atoms with E-state index in [1.165, 1.54) is 18.4 Å². The first-order valence-electron chi connectivity index (χ1n) is 8.36. The summed E-state index contributed by atoms with van der Waals surface area (Å²) in [4.78, 5) is 14.7. The molecular formula is C20H24N2O. The summed E-state index contributed by atoms with van der Waals surface area (Å²) in [6.07, 6.45) is 2.58. The Morgan fingerprint density at radius 3 is 2.30 bits per heavy atom. The molecule has 2 aromatic carbocycles. The minimum Gasteiger partial charge on any atom is -0.325 e. The fourth-order valence-corrected chi connectivity index (χ4v) is 2.84. The summed E-state index contributed by atoms with van der Waals surface area (Å²) >= 11 is 0. The molecule has 0 heterocycles. The van der Waals surface area contributed by atoms with Crippen molar-refractivity contribution in [3.8, 4) is 0 Å². The van der Waals surface area contributed by atoms with E-state index in [0.29, 0.717) is 6.54 Å². The Hall–Kier alpha value is -2.13. The first-order chi connectivity index (χ1) is 11.2. The van der Waals surface area contributed by atoms with Crippen molar-refractivity contribution in [3.63, 3.8) is 0 Å². The molecule has 1 fully saturated rings. The van der Waals surface area contributed by atoms with Gasteiger partial charge >= 0.3 is 0 Å². The lowest BCUT2D eigenvalue weighted by Crippen LogP contribution is -2.36. The number of hydrogen-bond donors (Lipinski definition) is 1. The number of carbonyl (C=O) groups excluding carboxylic acids is 1. The number of nitrogens with one attached hydrogen (secondary N) is 1. The number of nitrogens with zero attached hydrogens (tertiary/aromatic N) is 1. The van der Waals surface area contributed by atoms with Crippen LogP contribution in [0.15, 0.2) is 60.7 Å². The topological polar surface area (TPSA) is 32.3 Å². The molecular weight excluding hydrogens is 284 g/mol. The van der Waals surface area contributed by atoms with Gasteiger partial charge in [0, 0.05) is 18.3 Å². The van der Waals surface area contributed by atoms with E-state index in [4.69, 9.17) is 0 Å². The number of hydrogen-bond acceptors (Lipinski definition) is 2. The highest BCUT2D eigenvalue weighted by molar-refractivity contribution is 5.92. The van der Waals surface area contributed by atoms with Crippen molar-refractivity contribution in [2.45, 2.75) is 25.8 Å². The van der Waals surface area contributed by atoms with Crippen molar-refractivity contribution >= 4 is 11.6 Å². The largest absolute Gasteiger partial charge is 0.325 e. The van der Waals surface area contributed by atoms with Crippen LogP contribution in [0.25, 0.3) is 0 Å². The third-order valence-electron chi connectivity index (χ3n) is 4.42. The summed E-state index contributed by atoms with van der Waals surface area (Å²) in [5.74, 6) is 0.810. The first-order valence-corrected chi connectivity index (χ1v) is 8.36. The predicted octanol–water partition coefficient (Wildman–Crippen LogP) is 4.10. The van der Waals surface area contributed by atoms with E-state index in [9.17, 15) is 4.79 Å². The average Bonchev–Trinajstić information content (AvgIpc) is 3.39. The van der Waals surface area contributed by atoms with Crippen LogP contribution < -0.4 is 5.32 Å². The van der Waals surface area contributed by atoms with Gasteiger partial charge in [0.2, 0.25) is 5.91 Å². The normalized spacial score (nSPS) is 15.4. The van der Waals surface area contributed by atoms with Crippen LogP contribution in [0.3, 0.4) is 0 Å². The maximum Gasteiger partial charge on any atom is 0.238 e. The van der Waals surface area contributed by atoms with Crippen molar-refractivity contribution in [3.05, 3.63) is 66.2 Å². The van der Waals surface area contributed by atoms with Gasteiger partial charge in [0.05, 0.1) is 6.54 Å². The minimum atomic E-state index is 0.0552. The maximum absolute atomic E-state index is 12.4. The van der Waals surface area contributed by atoms with Crippen molar-refractivity contribution in [1.82, 2.24) is 4.90 Å². The molecule has 3 nitrogen and oxygen atoms in total. The highest BCUT2D eigenvalue weighted by Crippen LogP contribution is 2.32. The van der Waals surface area contributed by atoms with E-state index in [2.05, 4.69) is 41.4 Å². The summed E-state index contributed by atoms with van der Waals surface area (Å²) in [5, 5.41) is 2.99. The van der Waals surface area contributed by atoms with Gasteiger partial charge in [0.25, 0.3) is 0 Å². The SMILES string of the molecule is CC(c1ccccc1)N(CC(=O)Nc1ccccc1)CC1CC1. The molecule has 3 heteroatoms. The third-order valence-corrected chi connectivity index (χ3v) is 4.42. The van der Waals surface area contributed by atoms with Gasteiger partial charge < -0.3 is 5.32 Å². The van der Waals surface area contributed by atoms with Gasteiger partial charge in [-0.15, -0.1) is 0 Å². The van der Waals surface area contributed by atoms with Gasteiger partial charge in [0.1, 0.15) is 0 Å². The van der Waals surface area contributed by atoms with Crippen LogP contribution in [0, 0.1) is 5.92 Å². The quantitative estimate of drug-likeness (QED) is 0.835. The second kappa shape index (κ2) is 7.42. The Bertz CT molecular complexity index is 623.